The summed E-state index contributed by atoms with van der Waals surface area (Å²) in [5.41, 5.74) is 0. The van der Waals surface area contributed by atoms with Crippen LogP contribution in [0.5, 0.6) is 0 Å². The zero-order valence-electron chi connectivity index (χ0n) is 12.8. The first-order valence-corrected chi connectivity index (χ1v) is 9.90. The number of nitrogens with zero attached hydrogens (tertiary/aromatic N) is 1. The molecule has 0 unspecified atom stereocenters. The highest BCUT2D eigenvalue weighted by molar-refractivity contribution is 7.99. The molecule has 0 radical (unpaired) electrons. The lowest BCUT2D eigenvalue weighted by atomic mass is 9.98. The monoisotopic (exact) mass is 326 g/mol. The van der Waals surface area contributed by atoms with Gasteiger partial charge in [-0.1, -0.05) is 13.0 Å². The van der Waals surface area contributed by atoms with Crippen molar-refractivity contribution in [1.29, 1.82) is 0 Å². The van der Waals surface area contributed by atoms with Crippen molar-refractivity contribution < 1.29 is 4.79 Å². The van der Waals surface area contributed by atoms with Crippen LogP contribution in [-0.4, -0.2) is 41.9 Å². The lowest BCUT2D eigenvalue weighted by Crippen LogP contribution is -2.40. The first-order valence-electron chi connectivity index (χ1n) is 7.87. The molecule has 0 aromatic carbocycles. The van der Waals surface area contributed by atoms with Crippen molar-refractivity contribution in [1.82, 2.24) is 10.2 Å². The number of piperidine rings is 1. The third-order valence-electron chi connectivity index (χ3n) is 3.73. The van der Waals surface area contributed by atoms with E-state index < -0.39 is 0 Å². The Morgan fingerprint density at radius 3 is 3.24 bits per heavy atom. The normalized spacial score (nSPS) is 19.6. The summed E-state index contributed by atoms with van der Waals surface area (Å²) in [6.07, 6.45) is 3.62. The van der Waals surface area contributed by atoms with Crippen molar-refractivity contribution in [2.45, 2.75) is 32.7 Å². The van der Waals surface area contributed by atoms with E-state index in [-0.39, 0.29) is 5.91 Å². The Hall–Kier alpha value is -0.520. The molecule has 0 bridgehead atoms. The van der Waals surface area contributed by atoms with E-state index in [1.807, 2.05) is 11.3 Å². The van der Waals surface area contributed by atoms with Gasteiger partial charge >= 0.3 is 0 Å². The SMILES string of the molecule is CCCSCC(=O)NC[C@@H]1CCCN(Cc2cccs2)C1. The van der Waals surface area contributed by atoms with Gasteiger partial charge in [-0.15, -0.1) is 11.3 Å². The summed E-state index contributed by atoms with van der Waals surface area (Å²) in [4.78, 5) is 15.7. The Balaban J connectivity index is 1.65. The van der Waals surface area contributed by atoms with Crippen molar-refractivity contribution >= 4 is 29.0 Å². The Morgan fingerprint density at radius 1 is 1.57 bits per heavy atom. The number of carbonyl (C=O) groups is 1. The van der Waals surface area contributed by atoms with Crippen LogP contribution in [0.3, 0.4) is 0 Å². The Kier molecular flexibility index (Phi) is 7.61. The van der Waals surface area contributed by atoms with E-state index in [0.717, 1.165) is 31.8 Å². The van der Waals surface area contributed by atoms with E-state index >= 15 is 0 Å². The summed E-state index contributed by atoms with van der Waals surface area (Å²) >= 11 is 3.56. The maximum absolute atomic E-state index is 11.8. The number of carbonyl (C=O) groups excluding carboxylic acids is 1. The molecule has 1 fully saturated rings. The minimum absolute atomic E-state index is 0.198. The number of amides is 1. The number of rotatable bonds is 8. The Labute approximate surface area is 136 Å². The molecule has 0 spiro atoms. The summed E-state index contributed by atoms with van der Waals surface area (Å²) in [5, 5.41) is 5.25. The third-order valence-corrected chi connectivity index (χ3v) is 5.76. The summed E-state index contributed by atoms with van der Waals surface area (Å²) in [7, 11) is 0. The lowest BCUT2D eigenvalue weighted by molar-refractivity contribution is -0.118. The van der Waals surface area contributed by atoms with Crippen LogP contribution < -0.4 is 5.32 Å². The summed E-state index contributed by atoms with van der Waals surface area (Å²) in [5.74, 6) is 2.49. The van der Waals surface area contributed by atoms with Gasteiger partial charge < -0.3 is 5.32 Å². The van der Waals surface area contributed by atoms with E-state index in [1.165, 1.54) is 24.3 Å². The molecule has 1 saturated heterocycles. The first kappa shape index (κ1) is 16.8. The Bertz CT molecular complexity index is 408. The van der Waals surface area contributed by atoms with E-state index in [2.05, 4.69) is 34.7 Å². The van der Waals surface area contributed by atoms with Gasteiger partial charge in [0.15, 0.2) is 0 Å². The van der Waals surface area contributed by atoms with Crippen LogP contribution in [0.1, 0.15) is 31.1 Å². The third kappa shape index (κ3) is 6.41. The lowest BCUT2D eigenvalue weighted by Gasteiger charge is -2.32. The molecule has 1 aromatic heterocycles. The van der Waals surface area contributed by atoms with Crippen LogP contribution in [0.2, 0.25) is 0 Å². The molecule has 1 aliphatic heterocycles. The number of nitrogens with one attached hydrogen (secondary N) is 1. The standard InChI is InChI=1S/C16H26N2OS2/c1-2-8-20-13-16(19)17-10-14-5-3-7-18(11-14)12-15-6-4-9-21-15/h4,6,9,14H,2-3,5,7-8,10-13H2,1H3,(H,17,19)/t14-/m0/s1. The second kappa shape index (κ2) is 9.49. The predicted molar refractivity (Wildman–Crippen MR) is 92.9 cm³/mol. The molecule has 0 aliphatic carbocycles. The quantitative estimate of drug-likeness (QED) is 0.745. The van der Waals surface area contributed by atoms with Crippen molar-refractivity contribution in [2.24, 2.45) is 5.92 Å². The number of thiophene rings is 1. The first-order chi connectivity index (χ1) is 10.3. The summed E-state index contributed by atoms with van der Waals surface area (Å²) < 4.78 is 0. The highest BCUT2D eigenvalue weighted by Gasteiger charge is 2.20. The topological polar surface area (TPSA) is 32.3 Å². The molecule has 1 aliphatic rings. The summed E-state index contributed by atoms with van der Waals surface area (Å²) in [6, 6.07) is 4.33. The average Bonchev–Trinajstić information content (AvgIpc) is 2.99. The van der Waals surface area contributed by atoms with Crippen LogP contribution in [-0.2, 0) is 11.3 Å². The van der Waals surface area contributed by atoms with E-state index in [0.29, 0.717) is 11.7 Å². The minimum Gasteiger partial charge on any atom is -0.355 e. The maximum atomic E-state index is 11.8. The van der Waals surface area contributed by atoms with Gasteiger partial charge in [-0.3, -0.25) is 9.69 Å². The predicted octanol–water partition coefficient (Wildman–Crippen LogP) is 3.22. The van der Waals surface area contributed by atoms with Crippen molar-refractivity contribution in [3.05, 3.63) is 22.4 Å². The second-order valence-corrected chi connectivity index (χ2v) is 7.82. The van der Waals surface area contributed by atoms with Crippen molar-refractivity contribution in [2.75, 3.05) is 31.1 Å². The van der Waals surface area contributed by atoms with Crippen LogP contribution >= 0.6 is 23.1 Å². The molecular formula is C16H26N2OS2. The molecule has 0 saturated carbocycles. The van der Waals surface area contributed by atoms with Crippen LogP contribution in [0.25, 0.3) is 0 Å². The second-order valence-electron chi connectivity index (χ2n) is 5.68. The highest BCUT2D eigenvalue weighted by Crippen LogP contribution is 2.20. The van der Waals surface area contributed by atoms with Gasteiger partial charge in [-0.25, -0.2) is 0 Å². The van der Waals surface area contributed by atoms with Crippen LogP contribution in [0.4, 0.5) is 0 Å². The molecular weight excluding hydrogens is 300 g/mol. The maximum Gasteiger partial charge on any atom is 0.230 e. The summed E-state index contributed by atoms with van der Waals surface area (Å²) in [6.45, 7) is 6.35. The molecule has 21 heavy (non-hydrogen) atoms. The highest BCUT2D eigenvalue weighted by atomic mass is 32.2. The van der Waals surface area contributed by atoms with Gasteiger partial charge in [0.05, 0.1) is 5.75 Å². The molecule has 1 atom stereocenters. The number of hydrogen-bond donors (Lipinski definition) is 1. The van der Waals surface area contributed by atoms with Crippen LogP contribution in [0, 0.1) is 5.92 Å². The van der Waals surface area contributed by atoms with Gasteiger partial charge in [-0.2, -0.15) is 11.8 Å². The van der Waals surface area contributed by atoms with Crippen molar-refractivity contribution in [3.8, 4) is 0 Å². The zero-order chi connectivity index (χ0) is 14.9. The number of likely N-dealkylation sites (tertiary alicyclic amines) is 1. The largest absolute Gasteiger partial charge is 0.355 e. The minimum atomic E-state index is 0.198. The van der Waals surface area contributed by atoms with Gasteiger partial charge in [-0.05, 0) is 48.9 Å². The van der Waals surface area contributed by atoms with Crippen molar-refractivity contribution in [3.63, 3.8) is 0 Å². The molecule has 1 amide bonds. The molecule has 3 nitrogen and oxygen atoms in total. The van der Waals surface area contributed by atoms with E-state index in [9.17, 15) is 4.79 Å². The van der Waals surface area contributed by atoms with Gasteiger partial charge in [0.1, 0.15) is 0 Å². The zero-order valence-corrected chi connectivity index (χ0v) is 14.5. The van der Waals surface area contributed by atoms with Gasteiger partial charge in [0.25, 0.3) is 0 Å². The fourth-order valence-electron chi connectivity index (χ4n) is 2.70. The molecule has 2 heterocycles. The smallest absolute Gasteiger partial charge is 0.230 e. The molecule has 1 aromatic rings. The number of thioether (sulfide) groups is 1. The van der Waals surface area contributed by atoms with Gasteiger partial charge in [0.2, 0.25) is 5.91 Å². The number of hydrogen-bond acceptors (Lipinski definition) is 4. The molecule has 2 rings (SSSR count). The molecule has 1 N–H and O–H groups in total. The fraction of sp³-hybridized carbons (Fsp3) is 0.688. The Morgan fingerprint density at radius 2 is 2.48 bits per heavy atom. The van der Waals surface area contributed by atoms with E-state index in [1.54, 1.807) is 11.8 Å². The molecule has 118 valence electrons. The fourth-order valence-corrected chi connectivity index (χ4v) is 4.17. The van der Waals surface area contributed by atoms with Crippen LogP contribution in [0.15, 0.2) is 17.5 Å². The van der Waals surface area contributed by atoms with E-state index in [4.69, 9.17) is 0 Å². The van der Waals surface area contributed by atoms with Gasteiger partial charge in [0, 0.05) is 24.5 Å². The molecule has 5 heteroatoms. The average molecular weight is 327 g/mol.